The lowest BCUT2D eigenvalue weighted by molar-refractivity contribution is 0.113. The molecule has 0 bridgehead atoms. The molecule has 96 valence electrons. The van der Waals surface area contributed by atoms with Crippen LogP contribution < -0.4 is 0 Å². The smallest absolute Gasteiger partial charge is 0.252 e. The molecule has 0 amide bonds. The molecule has 4 nitrogen and oxygen atoms in total. The maximum atomic E-state index is 12.4. The lowest BCUT2D eigenvalue weighted by Crippen LogP contribution is -2.49. The van der Waals surface area contributed by atoms with E-state index in [1.807, 2.05) is 6.92 Å². The highest BCUT2D eigenvalue weighted by atomic mass is 32.2. The Hall–Kier alpha value is -0.430. The molecule has 2 heterocycles. The van der Waals surface area contributed by atoms with Crippen molar-refractivity contribution in [3.05, 3.63) is 17.5 Å². The number of rotatable bonds is 3. The molecule has 1 fully saturated rings. The van der Waals surface area contributed by atoms with Crippen molar-refractivity contribution < 1.29 is 13.5 Å². The van der Waals surface area contributed by atoms with Gasteiger partial charge >= 0.3 is 0 Å². The third-order valence-electron chi connectivity index (χ3n) is 3.31. The van der Waals surface area contributed by atoms with Crippen LogP contribution in [0.2, 0.25) is 0 Å². The van der Waals surface area contributed by atoms with E-state index in [-0.39, 0.29) is 18.6 Å². The van der Waals surface area contributed by atoms with Crippen molar-refractivity contribution in [3.63, 3.8) is 0 Å². The summed E-state index contributed by atoms with van der Waals surface area (Å²) in [5, 5.41) is 11.1. The number of aliphatic hydroxyl groups is 1. The van der Waals surface area contributed by atoms with Crippen LogP contribution in [0.1, 0.15) is 19.8 Å². The van der Waals surface area contributed by atoms with Gasteiger partial charge in [-0.3, -0.25) is 0 Å². The zero-order valence-corrected chi connectivity index (χ0v) is 11.4. The summed E-state index contributed by atoms with van der Waals surface area (Å²) >= 11 is 1.23. The monoisotopic (exact) mass is 275 g/mol. The molecule has 0 spiro atoms. The molecule has 17 heavy (non-hydrogen) atoms. The number of hydrogen-bond acceptors (Lipinski definition) is 4. The van der Waals surface area contributed by atoms with Gasteiger partial charge in [-0.15, -0.1) is 11.3 Å². The Morgan fingerprint density at radius 2 is 2.35 bits per heavy atom. The number of aliphatic hydroxyl groups excluding tert-OH is 1. The van der Waals surface area contributed by atoms with Crippen molar-refractivity contribution in [2.75, 3.05) is 13.2 Å². The topological polar surface area (TPSA) is 57.6 Å². The minimum absolute atomic E-state index is 0.105. The molecule has 6 heteroatoms. The first-order valence-electron chi connectivity index (χ1n) is 5.73. The minimum Gasteiger partial charge on any atom is -0.395 e. The molecule has 1 aromatic heterocycles. The predicted molar refractivity (Wildman–Crippen MR) is 67.5 cm³/mol. The van der Waals surface area contributed by atoms with Gasteiger partial charge in [0.1, 0.15) is 4.21 Å². The molecule has 1 saturated heterocycles. The van der Waals surface area contributed by atoms with Gasteiger partial charge in [0.15, 0.2) is 0 Å². The molecular formula is C11H17NO3S2. The summed E-state index contributed by atoms with van der Waals surface area (Å²) < 4.78 is 26.6. The molecule has 0 aliphatic carbocycles. The fourth-order valence-corrected chi connectivity index (χ4v) is 5.18. The van der Waals surface area contributed by atoms with Gasteiger partial charge in [-0.05, 0) is 30.2 Å². The van der Waals surface area contributed by atoms with E-state index in [0.29, 0.717) is 10.8 Å². The van der Waals surface area contributed by atoms with Gasteiger partial charge in [-0.25, -0.2) is 8.42 Å². The fraction of sp³-hybridized carbons (Fsp3) is 0.636. The highest BCUT2D eigenvalue weighted by Gasteiger charge is 2.37. The maximum absolute atomic E-state index is 12.4. The van der Waals surface area contributed by atoms with Gasteiger partial charge in [0.2, 0.25) is 0 Å². The van der Waals surface area contributed by atoms with E-state index in [2.05, 4.69) is 0 Å². The summed E-state index contributed by atoms with van der Waals surface area (Å²) in [6.07, 6.45) is 1.84. The van der Waals surface area contributed by atoms with Gasteiger partial charge in [0, 0.05) is 6.54 Å². The Bertz CT molecular complexity index is 455. The molecular weight excluding hydrogens is 258 g/mol. The Labute approximate surface area is 106 Å². The number of piperidine rings is 1. The SMILES string of the molecule is CC1CCCN(S(=O)(=O)c2cccs2)C1CO. The molecule has 2 atom stereocenters. The predicted octanol–water partition coefficient (Wildman–Crippen LogP) is 1.53. The van der Waals surface area contributed by atoms with Crippen LogP contribution in [0.3, 0.4) is 0 Å². The zero-order chi connectivity index (χ0) is 12.5. The molecule has 1 aliphatic heterocycles. The van der Waals surface area contributed by atoms with Crippen molar-refractivity contribution in [1.29, 1.82) is 0 Å². The number of nitrogens with zero attached hydrogens (tertiary/aromatic N) is 1. The van der Waals surface area contributed by atoms with Crippen molar-refractivity contribution >= 4 is 21.4 Å². The van der Waals surface area contributed by atoms with E-state index >= 15 is 0 Å². The lowest BCUT2D eigenvalue weighted by atomic mass is 9.93. The van der Waals surface area contributed by atoms with Crippen molar-refractivity contribution in [3.8, 4) is 0 Å². The Morgan fingerprint density at radius 3 is 2.94 bits per heavy atom. The number of hydrogen-bond donors (Lipinski definition) is 1. The van der Waals surface area contributed by atoms with Crippen molar-refractivity contribution in [2.45, 2.75) is 30.0 Å². The standard InChI is InChI=1S/C11H17NO3S2/c1-9-4-2-6-12(10(9)8-13)17(14,15)11-5-3-7-16-11/h3,5,7,9-10,13H,2,4,6,8H2,1H3. The Kier molecular flexibility index (Phi) is 3.87. The number of thiophene rings is 1. The second kappa shape index (κ2) is 5.06. The maximum Gasteiger partial charge on any atom is 0.252 e. The molecule has 1 N–H and O–H groups in total. The van der Waals surface area contributed by atoms with Gasteiger partial charge in [0.05, 0.1) is 12.6 Å². The molecule has 0 saturated carbocycles. The highest BCUT2D eigenvalue weighted by Crippen LogP contribution is 2.30. The number of sulfonamides is 1. The van der Waals surface area contributed by atoms with E-state index in [0.717, 1.165) is 12.8 Å². The van der Waals surface area contributed by atoms with E-state index in [4.69, 9.17) is 0 Å². The largest absolute Gasteiger partial charge is 0.395 e. The van der Waals surface area contributed by atoms with Crippen LogP contribution in [-0.2, 0) is 10.0 Å². The van der Waals surface area contributed by atoms with Crippen LogP contribution in [-0.4, -0.2) is 37.0 Å². The second-order valence-corrected chi connectivity index (χ2v) is 7.48. The summed E-state index contributed by atoms with van der Waals surface area (Å²) in [6.45, 7) is 2.40. The molecule has 1 aromatic rings. The van der Waals surface area contributed by atoms with Crippen molar-refractivity contribution in [2.24, 2.45) is 5.92 Å². The first kappa shape index (κ1) is 13.0. The summed E-state index contributed by atoms with van der Waals surface area (Å²) in [4.78, 5) is 0. The van der Waals surface area contributed by atoms with E-state index in [1.165, 1.54) is 15.6 Å². The molecule has 0 aromatic carbocycles. The van der Waals surface area contributed by atoms with Crippen LogP contribution in [0, 0.1) is 5.92 Å². The van der Waals surface area contributed by atoms with Crippen LogP contribution >= 0.6 is 11.3 Å². The van der Waals surface area contributed by atoms with Crippen LogP contribution in [0.5, 0.6) is 0 Å². The van der Waals surface area contributed by atoms with Gasteiger partial charge < -0.3 is 5.11 Å². The Morgan fingerprint density at radius 1 is 1.59 bits per heavy atom. The van der Waals surface area contributed by atoms with Gasteiger partial charge in [0.25, 0.3) is 10.0 Å². The molecule has 1 aliphatic rings. The fourth-order valence-electron chi connectivity index (χ4n) is 2.31. The first-order valence-corrected chi connectivity index (χ1v) is 8.05. The summed E-state index contributed by atoms with van der Waals surface area (Å²) in [7, 11) is -3.42. The Balaban J connectivity index is 2.32. The summed E-state index contributed by atoms with van der Waals surface area (Å²) in [6, 6.07) is 3.07. The van der Waals surface area contributed by atoms with Crippen LogP contribution in [0.4, 0.5) is 0 Å². The van der Waals surface area contributed by atoms with Gasteiger partial charge in [-0.1, -0.05) is 13.0 Å². The molecule has 0 radical (unpaired) electrons. The average molecular weight is 275 g/mol. The van der Waals surface area contributed by atoms with Crippen molar-refractivity contribution in [1.82, 2.24) is 4.31 Å². The highest BCUT2D eigenvalue weighted by molar-refractivity contribution is 7.91. The molecule has 2 unspecified atom stereocenters. The quantitative estimate of drug-likeness (QED) is 0.910. The molecule has 2 rings (SSSR count). The average Bonchev–Trinajstić information content (AvgIpc) is 2.82. The lowest BCUT2D eigenvalue weighted by Gasteiger charge is -2.37. The minimum atomic E-state index is -3.42. The zero-order valence-electron chi connectivity index (χ0n) is 9.74. The van der Waals surface area contributed by atoms with E-state index in [1.54, 1.807) is 17.5 Å². The second-order valence-electron chi connectivity index (χ2n) is 4.42. The van der Waals surface area contributed by atoms with Crippen LogP contribution in [0.15, 0.2) is 21.7 Å². The van der Waals surface area contributed by atoms with E-state index < -0.39 is 10.0 Å². The van der Waals surface area contributed by atoms with Gasteiger partial charge in [-0.2, -0.15) is 4.31 Å². The van der Waals surface area contributed by atoms with E-state index in [9.17, 15) is 13.5 Å². The third-order valence-corrected chi connectivity index (χ3v) is 6.61. The van der Waals surface area contributed by atoms with Crippen LogP contribution in [0.25, 0.3) is 0 Å². The summed E-state index contributed by atoms with van der Waals surface area (Å²) in [5.74, 6) is 0.212. The summed E-state index contributed by atoms with van der Waals surface area (Å²) in [5.41, 5.74) is 0. The normalized spacial score (nSPS) is 27.2. The third kappa shape index (κ3) is 2.40. The first-order chi connectivity index (χ1) is 8.07.